The summed E-state index contributed by atoms with van der Waals surface area (Å²) in [5.41, 5.74) is 14.9. The molecule has 0 radical (unpaired) electrons. The van der Waals surface area contributed by atoms with Crippen LogP contribution in [0.25, 0.3) is 0 Å². The second kappa shape index (κ2) is 8.36. The van der Waals surface area contributed by atoms with Crippen LogP contribution in [-0.4, -0.2) is 11.7 Å². The zero-order valence-corrected chi connectivity index (χ0v) is 16.4. The summed E-state index contributed by atoms with van der Waals surface area (Å²) in [4.78, 5) is 0. The Bertz CT molecular complexity index is 501. The Kier molecular flexibility index (Phi) is 8.08. The Morgan fingerprint density at radius 1 is 1.00 bits per heavy atom. The maximum absolute atomic E-state index is 10.7. The Balaban J connectivity index is 0.00000484. The number of aromatic hydroxyl groups is 1. The third kappa shape index (κ3) is 5.98. The SMILES string of the molecule is CC(C)(C)c1cc([C@H](N)CCCCN)c(O)c(C(C)(C)C)c1.Cl. The monoisotopic (exact) mass is 342 g/mol. The van der Waals surface area contributed by atoms with Crippen LogP contribution in [0.4, 0.5) is 0 Å². The number of nitrogens with two attached hydrogens (primary N) is 2. The second-order valence-electron chi connectivity index (χ2n) is 8.35. The number of benzene rings is 1. The van der Waals surface area contributed by atoms with Crippen molar-refractivity contribution in [2.24, 2.45) is 11.5 Å². The molecule has 0 unspecified atom stereocenters. The predicted molar refractivity (Wildman–Crippen MR) is 103 cm³/mol. The van der Waals surface area contributed by atoms with E-state index in [4.69, 9.17) is 11.5 Å². The van der Waals surface area contributed by atoms with Gasteiger partial charge < -0.3 is 16.6 Å². The molecule has 0 aromatic heterocycles. The summed E-state index contributed by atoms with van der Waals surface area (Å²) < 4.78 is 0. The van der Waals surface area contributed by atoms with E-state index >= 15 is 0 Å². The lowest BCUT2D eigenvalue weighted by molar-refractivity contribution is 0.428. The number of rotatable bonds is 5. The largest absolute Gasteiger partial charge is 0.507 e. The van der Waals surface area contributed by atoms with Crippen LogP contribution in [0, 0.1) is 0 Å². The van der Waals surface area contributed by atoms with Crippen molar-refractivity contribution in [3.8, 4) is 5.75 Å². The van der Waals surface area contributed by atoms with Gasteiger partial charge in [-0.1, -0.05) is 54.0 Å². The van der Waals surface area contributed by atoms with E-state index in [1.54, 1.807) is 0 Å². The first kappa shape index (κ1) is 22.2. The minimum atomic E-state index is -0.144. The fourth-order valence-corrected chi connectivity index (χ4v) is 2.61. The molecule has 0 heterocycles. The highest BCUT2D eigenvalue weighted by Crippen LogP contribution is 2.40. The molecular formula is C19H35ClN2O. The van der Waals surface area contributed by atoms with Gasteiger partial charge >= 0.3 is 0 Å². The summed E-state index contributed by atoms with van der Waals surface area (Å²) in [7, 11) is 0. The van der Waals surface area contributed by atoms with Gasteiger partial charge in [-0.15, -0.1) is 12.4 Å². The standard InChI is InChI=1S/C19H34N2O.ClH/c1-18(2,3)13-11-14(16(21)9-7-8-10-20)17(22)15(12-13)19(4,5)6;/h11-12,16,22H,7-10,20-21H2,1-6H3;1H/t16-;/m1./s1. The molecule has 5 N–H and O–H groups in total. The van der Waals surface area contributed by atoms with Gasteiger partial charge in [-0.25, -0.2) is 0 Å². The highest BCUT2D eigenvalue weighted by molar-refractivity contribution is 5.85. The normalized spacial score (nSPS) is 13.6. The van der Waals surface area contributed by atoms with Crippen LogP contribution in [-0.2, 0) is 10.8 Å². The number of phenols is 1. The summed E-state index contributed by atoms with van der Waals surface area (Å²) in [6.07, 6.45) is 2.81. The van der Waals surface area contributed by atoms with Crippen LogP contribution in [0.3, 0.4) is 0 Å². The van der Waals surface area contributed by atoms with Crippen LogP contribution >= 0.6 is 12.4 Å². The molecule has 1 atom stereocenters. The van der Waals surface area contributed by atoms with Crippen molar-refractivity contribution in [3.05, 3.63) is 28.8 Å². The van der Waals surface area contributed by atoms with Gasteiger partial charge in [0, 0.05) is 11.6 Å². The fraction of sp³-hybridized carbons (Fsp3) is 0.684. The van der Waals surface area contributed by atoms with E-state index in [9.17, 15) is 5.11 Å². The summed E-state index contributed by atoms with van der Waals surface area (Å²) in [5.74, 6) is 0.362. The van der Waals surface area contributed by atoms with Crippen molar-refractivity contribution in [2.75, 3.05) is 6.54 Å². The van der Waals surface area contributed by atoms with Gasteiger partial charge in [0.25, 0.3) is 0 Å². The third-order valence-corrected chi connectivity index (χ3v) is 4.18. The van der Waals surface area contributed by atoms with Gasteiger partial charge in [0.1, 0.15) is 5.75 Å². The molecule has 0 aliphatic heterocycles. The van der Waals surface area contributed by atoms with E-state index in [2.05, 4.69) is 53.7 Å². The molecule has 0 bridgehead atoms. The molecular weight excluding hydrogens is 308 g/mol. The molecule has 0 aliphatic carbocycles. The van der Waals surface area contributed by atoms with Gasteiger partial charge in [-0.2, -0.15) is 0 Å². The van der Waals surface area contributed by atoms with Crippen LogP contribution in [0.1, 0.15) is 83.5 Å². The molecule has 0 aliphatic rings. The average molecular weight is 343 g/mol. The topological polar surface area (TPSA) is 72.3 Å². The molecule has 1 aromatic rings. The number of phenolic OH excluding ortho intramolecular Hbond substituents is 1. The molecule has 0 saturated carbocycles. The molecule has 23 heavy (non-hydrogen) atoms. The number of halogens is 1. The molecule has 4 heteroatoms. The Labute approximate surface area is 148 Å². The minimum absolute atomic E-state index is 0. The smallest absolute Gasteiger partial charge is 0.124 e. The molecule has 0 amide bonds. The fourth-order valence-electron chi connectivity index (χ4n) is 2.61. The molecule has 3 nitrogen and oxygen atoms in total. The second-order valence-corrected chi connectivity index (χ2v) is 8.35. The molecule has 0 spiro atoms. The summed E-state index contributed by atoms with van der Waals surface area (Å²) in [6.45, 7) is 13.6. The lowest BCUT2D eigenvalue weighted by atomic mass is 9.78. The number of unbranched alkanes of at least 4 members (excludes halogenated alkanes) is 1. The first-order valence-electron chi connectivity index (χ1n) is 8.32. The molecule has 0 saturated heterocycles. The lowest BCUT2D eigenvalue weighted by Gasteiger charge is -2.29. The van der Waals surface area contributed by atoms with Crippen molar-refractivity contribution in [1.29, 1.82) is 0 Å². The van der Waals surface area contributed by atoms with Crippen molar-refractivity contribution in [3.63, 3.8) is 0 Å². The van der Waals surface area contributed by atoms with E-state index < -0.39 is 0 Å². The Morgan fingerprint density at radius 3 is 2.00 bits per heavy atom. The van der Waals surface area contributed by atoms with E-state index in [1.807, 2.05) is 0 Å². The summed E-state index contributed by atoms with van der Waals surface area (Å²) in [6, 6.07) is 4.07. The third-order valence-electron chi connectivity index (χ3n) is 4.18. The van der Waals surface area contributed by atoms with Crippen LogP contribution in [0.2, 0.25) is 0 Å². The predicted octanol–water partition coefficient (Wildman–Crippen LogP) is 4.54. The number of hydrogen-bond donors (Lipinski definition) is 3. The first-order valence-corrected chi connectivity index (χ1v) is 8.32. The van der Waals surface area contributed by atoms with E-state index in [0.717, 1.165) is 30.4 Å². The first-order chi connectivity index (χ1) is 9.98. The van der Waals surface area contributed by atoms with Gasteiger partial charge in [0.05, 0.1) is 0 Å². The summed E-state index contributed by atoms with van der Waals surface area (Å²) >= 11 is 0. The van der Waals surface area contributed by atoms with Gasteiger partial charge in [0.2, 0.25) is 0 Å². The van der Waals surface area contributed by atoms with Crippen molar-refractivity contribution >= 4 is 12.4 Å². The molecule has 134 valence electrons. The number of hydrogen-bond acceptors (Lipinski definition) is 3. The van der Waals surface area contributed by atoms with E-state index in [0.29, 0.717) is 12.3 Å². The van der Waals surface area contributed by atoms with Crippen molar-refractivity contribution in [2.45, 2.75) is 77.7 Å². The van der Waals surface area contributed by atoms with Crippen molar-refractivity contribution in [1.82, 2.24) is 0 Å². The Morgan fingerprint density at radius 2 is 1.57 bits per heavy atom. The van der Waals surface area contributed by atoms with Crippen LogP contribution < -0.4 is 11.5 Å². The van der Waals surface area contributed by atoms with Gasteiger partial charge in [-0.05, 0) is 47.4 Å². The van der Waals surface area contributed by atoms with Crippen molar-refractivity contribution < 1.29 is 5.11 Å². The van der Waals surface area contributed by atoms with E-state index in [-0.39, 0.29) is 29.3 Å². The Hall–Kier alpha value is -0.770. The quantitative estimate of drug-likeness (QED) is 0.688. The highest BCUT2D eigenvalue weighted by atomic mass is 35.5. The van der Waals surface area contributed by atoms with Gasteiger partial charge in [-0.3, -0.25) is 0 Å². The maximum atomic E-state index is 10.7. The lowest BCUT2D eigenvalue weighted by Crippen LogP contribution is -2.20. The average Bonchev–Trinajstić information content (AvgIpc) is 2.36. The minimum Gasteiger partial charge on any atom is -0.507 e. The molecule has 1 aromatic carbocycles. The maximum Gasteiger partial charge on any atom is 0.124 e. The highest BCUT2D eigenvalue weighted by Gasteiger charge is 2.26. The zero-order chi connectivity index (χ0) is 17.1. The van der Waals surface area contributed by atoms with Gasteiger partial charge in [0.15, 0.2) is 0 Å². The van der Waals surface area contributed by atoms with E-state index in [1.165, 1.54) is 5.56 Å². The summed E-state index contributed by atoms with van der Waals surface area (Å²) in [5, 5.41) is 10.7. The molecule has 1 rings (SSSR count). The van der Waals surface area contributed by atoms with Crippen LogP contribution in [0.15, 0.2) is 12.1 Å². The zero-order valence-electron chi connectivity index (χ0n) is 15.6. The van der Waals surface area contributed by atoms with Crippen LogP contribution in [0.5, 0.6) is 5.75 Å². The molecule has 0 fully saturated rings.